The van der Waals surface area contributed by atoms with Gasteiger partial charge in [0.1, 0.15) is 6.04 Å². The maximum atomic E-state index is 12.9. The Morgan fingerprint density at radius 3 is 2.68 bits per heavy atom. The fourth-order valence-corrected chi connectivity index (χ4v) is 4.36. The Labute approximate surface area is 199 Å². The molecular formula is C25H32N4O5. The summed E-state index contributed by atoms with van der Waals surface area (Å²) in [5, 5.41) is 5.89. The van der Waals surface area contributed by atoms with Gasteiger partial charge in [-0.3, -0.25) is 19.3 Å². The van der Waals surface area contributed by atoms with Crippen LogP contribution >= 0.6 is 0 Å². The van der Waals surface area contributed by atoms with E-state index >= 15 is 0 Å². The molecule has 0 aliphatic carbocycles. The first-order chi connectivity index (χ1) is 16.6. The first-order valence-corrected chi connectivity index (χ1v) is 11.9. The number of benzene rings is 1. The summed E-state index contributed by atoms with van der Waals surface area (Å²) in [6.45, 7) is 4.69. The number of carbonyl (C=O) groups excluding carboxylic acids is 3. The minimum atomic E-state index is -0.519. The van der Waals surface area contributed by atoms with E-state index in [1.165, 1.54) is 6.26 Å². The number of hydrogen-bond donors (Lipinski definition) is 2. The molecule has 0 bridgehead atoms. The largest absolute Gasteiger partial charge is 0.459 e. The molecule has 1 unspecified atom stereocenters. The molecule has 2 fully saturated rings. The Morgan fingerprint density at radius 2 is 1.88 bits per heavy atom. The zero-order chi connectivity index (χ0) is 23.8. The third kappa shape index (κ3) is 6.45. The van der Waals surface area contributed by atoms with Crippen LogP contribution in [-0.2, 0) is 20.9 Å². The summed E-state index contributed by atoms with van der Waals surface area (Å²) >= 11 is 0. The molecule has 0 spiro atoms. The lowest BCUT2D eigenvalue weighted by Crippen LogP contribution is -2.51. The van der Waals surface area contributed by atoms with E-state index in [2.05, 4.69) is 15.5 Å². The van der Waals surface area contributed by atoms with Gasteiger partial charge in [0.25, 0.3) is 5.91 Å². The van der Waals surface area contributed by atoms with Gasteiger partial charge in [0, 0.05) is 44.8 Å². The van der Waals surface area contributed by atoms with Crippen molar-refractivity contribution in [2.24, 2.45) is 0 Å². The van der Waals surface area contributed by atoms with Gasteiger partial charge in [0.15, 0.2) is 5.76 Å². The van der Waals surface area contributed by atoms with Crippen molar-refractivity contribution < 1.29 is 23.5 Å². The molecule has 3 amide bonds. The number of carbonyl (C=O) groups is 3. The van der Waals surface area contributed by atoms with Crippen molar-refractivity contribution in [1.29, 1.82) is 0 Å². The van der Waals surface area contributed by atoms with Crippen molar-refractivity contribution in [1.82, 2.24) is 15.1 Å². The molecule has 0 saturated carbocycles. The topological polar surface area (TPSA) is 104 Å². The molecule has 2 N–H and O–H groups in total. The number of nitrogens with one attached hydrogen (secondary N) is 2. The molecule has 9 heteroatoms. The number of likely N-dealkylation sites (tertiary alicyclic amines) is 1. The monoisotopic (exact) mass is 468 g/mol. The Bertz CT molecular complexity index is 971. The van der Waals surface area contributed by atoms with Crippen LogP contribution in [0.2, 0.25) is 0 Å². The molecule has 1 aromatic heterocycles. The predicted molar refractivity (Wildman–Crippen MR) is 126 cm³/mol. The predicted octanol–water partition coefficient (Wildman–Crippen LogP) is 2.25. The Balaban J connectivity index is 1.28. The second-order valence-corrected chi connectivity index (χ2v) is 8.66. The van der Waals surface area contributed by atoms with Crippen LogP contribution in [0.4, 0.5) is 5.69 Å². The van der Waals surface area contributed by atoms with E-state index in [1.807, 2.05) is 24.3 Å². The second kappa shape index (κ2) is 11.8. The molecular weight excluding hydrogens is 436 g/mol. The molecule has 1 aromatic carbocycles. The molecule has 0 radical (unpaired) electrons. The smallest absolute Gasteiger partial charge is 0.290 e. The highest BCUT2D eigenvalue weighted by atomic mass is 16.5. The normalized spacial score (nSPS) is 18.9. The van der Waals surface area contributed by atoms with Crippen LogP contribution in [0.25, 0.3) is 0 Å². The quantitative estimate of drug-likeness (QED) is 0.616. The van der Waals surface area contributed by atoms with Crippen molar-refractivity contribution in [3.05, 3.63) is 54.0 Å². The maximum absolute atomic E-state index is 12.9. The van der Waals surface area contributed by atoms with Crippen molar-refractivity contribution in [2.45, 2.75) is 38.3 Å². The Kier molecular flexibility index (Phi) is 8.32. The third-order valence-electron chi connectivity index (χ3n) is 6.23. The number of nitrogens with zero attached hydrogens (tertiary/aromatic N) is 2. The summed E-state index contributed by atoms with van der Waals surface area (Å²) in [5.74, 6) is -0.232. The van der Waals surface area contributed by atoms with E-state index in [9.17, 15) is 14.4 Å². The minimum Gasteiger partial charge on any atom is -0.459 e. The van der Waals surface area contributed by atoms with Crippen LogP contribution in [0.15, 0.2) is 47.1 Å². The lowest BCUT2D eigenvalue weighted by Gasteiger charge is -2.34. The van der Waals surface area contributed by atoms with Gasteiger partial charge >= 0.3 is 0 Å². The molecule has 34 heavy (non-hydrogen) atoms. The van der Waals surface area contributed by atoms with Gasteiger partial charge in [-0.25, -0.2) is 0 Å². The summed E-state index contributed by atoms with van der Waals surface area (Å²) in [6.07, 6.45) is 4.26. The van der Waals surface area contributed by atoms with Crippen LogP contribution in [0.3, 0.4) is 0 Å². The third-order valence-corrected chi connectivity index (χ3v) is 6.23. The van der Waals surface area contributed by atoms with E-state index in [0.29, 0.717) is 51.4 Å². The van der Waals surface area contributed by atoms with E-state index in [4.69, 9.17) is 9.15 Å². The Hall–Kier alpha value is -3.17. The highest BCUT2D eigenvalue weighted by molar-refractivity contribution is 5.95. The summed E-state index contributed by atoms with van der Waals surface area (Å²) in [7, 11) is 0. The van der Waals surface area contributed by atoms with Gasteiger partial charge in [0.05, 0.1) is 19.5 Å². The molecule has 4 rings (SSSR count). The van der Waals surface area contributed by atoms with Crippen molar-refractivity contribution in [3.63, 3.8) is 0 Å². The zero-order valence-corrected chi connectivity index (χ0v) is 19.3. The summed E-state index contributed by atoms with van der Waals surface area (Å²) < 4.78 is 10.6. The molecule has 2 aliphatic rings. The van der Waals surface area contributed by atoms with Gasteiger partial charge in [0.2, 0.25) is 11.8 Å². The van der Waals surface area contributed by atoms with Gasteiger partial charge in [-0.1, -0.05) is 12.1 Å². The molecule has 2 aromatic rings. The highest BCUT2D eigenvalue weighted by Crippen LogP contribution is 2.20. The number of hydrogen-bond acceptors (Lipinski definition) is 6. The van der Waals surface area contributed by atoms with Gasteiger partial charge < -0.3 is 24.7 Å². The highest BCUT2D eigenvalue weighted by Gasteiger charge is 2.33. The number of morpholine rings is 1. The zero-order valence-electron chi connectivity index (χ0n) is 19.3. The summed E-state index contributed by atoms with van der Waals surface area (Å²) in [4.78, 5) is 41.9. The number of ether oxygens (including phenoxy) is 1. The average Bonchev–Trinajstić information content (AvgIpc) is 3.42. The second-order valence-electron chi connectivity index (χ2n) is 8.66. The van der Waals surface area contributed by atoms with E-state index in [-0.39, 0.29) is 23.5 Å². The van der Waals surface area contributed by atoms with Crippen molar-refractivity contribution in [3.8, 4) is 0 Å². The molecule has 2 saturated heterocycles. The molecule has 182 valence electrons. The number of anilines is 1. The van der Waals surface area contributed by atoms with Crippen LogP contribution < -0.4 is 10.6 Å². The number of rotatable bonds is 8. The molecule has 9 nitrogen and oxygen atoms in total. The first kappa shape index (κ1) is 24.0. The van der Waals surface area contributed by atoms with Crippen LogP contribution in [0, 0.1) is 0 Å². The number of piperidine rings is 1. The van der Waals surface area contributed by atoms with E-state index in [0.717, 1.165) is 31.5 Å². The van der Waals surface area contributed by atoms with E-state index < -0.39 is 6.04 Å². The molecule has 3 heterocycles. The maximum Gasteiger partial charge on any atom is 0.290 e. The van der Waals surface area contributed by atoms with Crippen molar-refractivity contribution >= 4 is 23.4 Å². The van der Waals surface area contributed by atoms with E-state index in [1.54, 1.807) is 17.0 Å². The van der Waals surface area contributed by atoms with Gasteiger partial charge in [-0.05, 0) is 49.1 Å². The Morgan fingerprint density at radius 1 is 1.03 bits per heavy atom. The SMILES string of the molecule is O=C(CCN1CCOCC1)Nc1cccc(CNC(=O)C2CCCCN2C(=O)c2ccco2)c1. The molecule has 2 aliphatic heterocycles. The lowest BCUT2D eigenvalue weighted by atomic mass is 10.0. The number of amides is 3. The lowest BCUT2D eigenvalue weighted by molar-refractivity contribution is -0.126. The number of furan rings is 1. The minimum absolute atomic E-state index is 0.0398. The average molecular weight is 469 g/mol. The van der Waals surface area contributed by atoms with Crippen molar-refractivity contribution in [2.75, 3.05) is 44.7 Å². The van der Waals surface area contributed by atoms with Gasteiger partial charge in [-0.2, -0.15) is 0 Å². The summed E-state index contributed by atoms with van der Waals surface area (Å²) in [5.41, 5.74) is 1.57. The fraction of sp³-hybridized carbons (Fsp3) is 0.480. The first-order valence-electron chi connectivity index (χ1n) is 11.9. The van der Waals surface area contributed by atoms with Crippen LogP contribution in [0.5, 0.6) is 0 Å². The van der Waals surface area contributed by atoms with Crippen LogP contribution in [0.1, 0.15) is 41.8 Å². The molecule has 1 atom stereocenters. The summed E-state index contributed by atoms with van der Waals surface area (Å²) in [6, 6.07) is 10.2. The van der Waals surface area contributed by atoms with Crippen LogP contribution in [-0.4, -0.2) is 73.0 Å². The standard InChI is InChI=1S/C25H32N4O5/c30-23(9-11-28-12-15-33-16-13-28)27-20-6-3-5-19(17-20)18-26-24(31)21-7-1-2-10-29(21)25(32)22-8-4-14-34-22/h3-6,8,14,17,21H,1-2,7,9-13,15-16,18H2,(H,26,31)(H,27,30). The van der Waals surface area contributed by atoms with Gasteiger partial charge in [-0.15, -0.1) is 0 Å². The fourth-order valence-electron chi connectivity index (χ4n) is 4.36.